The molecule has 0 radical (unpaired) electrons. The van der Waals surface area contributed by atoms with Crippen molar-refractivity contribution in [1.29, 1.82) is 0 Å². The maximum atomic E-state index is 11.8. The molecule has 19 heavy (non-hydrogen) atoms. The van der Waals surface area contributed by atoms with Crippen LogP contribution in [0.5, 0.6) is 0 Å². The van der Waals surface area contributed by atoms with Crippen molar-refractivity contribution in [1.82, 2.24) is 5.32 Å². The van der Waals surface area contributed by atoms with Crippen molar-refractivity contribution >= 4 is 5.91 Å². The summed E-state index contributed by atoms with van der Waals surface area (Å²) < 4.78 is 0. The minimum atomic E-state index is 0.108. The Bertz CT molecular complexity index is 426. The van der Waals surface area contributed by atoms with E-state index < -0.39 is 0 Å². The molecule has 1 heterocycles. The van der Waals surface area contributed by atoms with E-state index in [9.17, 15) is 4.79 Å². The first-order valence-corrected chi connectivity index (χ1v) is 7.33. The second-order valence-corrected chi connectivity index (χ2v) is 6.57. The van der Waals surface area contributed by atoms with Gasteiger partial charge in [-0.15, -0.1) is 0 Å². The van der Waals surface area contributed by atoms with E-state index in [0.717, 1.165) is 12.8 Å². The Kier molecular flexibility index (Phi) is 4.28. The van der Waals surface area contributed by atoms with Crippen LogP contribution in [0.3, 0.4) is 0 Å². The molecule has 1 aliphatic rings. The first kappa shape index (κ1) is 14.1. The van der Waals surface area contributed by atoms with Gasteiger partial charge in [0.05, 0.1) is 0 Å². The fourth-order valence-electron chi connectivity index (χ4n) is 2.94. The van der Waals surface area contributed by atoms with Gasteiger partial charge >= 0.3 is 0 Å². The van der Waals surface area contributed by atoms with Crippen LogP contribution in [-0.2, 0) is 11.2 Å². The molecule has 2 nitrogen and oxygen atoms in total. The summed E-state index contributed by atoms with van der Waals surface area (Å²) in [6.07, 6.45) is 3.94. The number of amides is 1. The summed E-state index contributed by atoms with van der Waals surface area (Å²) in [4.78, 5) is 11.8. The molecule has 2 unspecified atom stereocenters. The van der Waals surface area contributed by atoms with Gasteiger partial charge < -0.3 is 5.32 Å². The SMILES string of the molecule is CC(C)CCC1(C)CC(=O)NC1Cc1ccccc1. The fourth-order valence-corrected chi connectivity index (χ4v) is 2.94. The molecule has 0 saturated carbocycles. The summed E-state index contributed by atoms with van der Waals surface area (Å²) in [7, 11) is 0. The average molecular weight is 259 g/mol. The summed E-state index contributed by atoms with van der Waals surface area (Å²) in [5, 5.41) is 3.18. The van der Waals surface area contributed by atoms with Crippen LogP contribution >= 0.6 is 0 Å². The largest absolute Gasteiger partial charge is 0.352 e. The van der Waals surface area contributed by atoms with Gasteiger partial charge in [-0.25, -0.2) is 0 Å². The summed E-state index contributed by atoms with van der Waals surface area (Å²) in [6.45, 7) is 6.76. The highest BCUT2D eigenvalue weighted by Crippen LogP contribution is 2.38. The maximum Gasteiger partial charge on any atom is 0.220 e. The van der Waals surface area contributed by atoms with Crippen LogP contribution in [0, 0.1) is 11.3 Å². The number of hydrogen-bond donors (Lipinski definition) is 1. The molecular weight excluding hydrogens is 234 g/mol. The van der Waals surface area contributed by atoms with Crippen LogP contribution in [0.1, 0.15) is 45.6 Å². The molecule has 0 bridgehead atoms. The van der Waals surface area contributed by atoms with Crippen LogP contribution in [0.15, 0.2) is 30.3 Å². The van der Waals surface area contributed by atoms with Gasteiger partial charge in [0.2, 0.25) is 5.91 Å². The molecule has 1 N–H and O–H groups in total. The third-order valence-corrected chi connectivity index (χ3v) is 4.32. The number of rotatable bonds is 5. The average Bonchev–Trinajstić information content (AvgIpc) is 2.64. The quantitative estimate of drug-likeness (QED) is 0.860. The number of carbonyl (C=O) groups is 1. The highest BCUT2D eigenvalue weighted by atomic mass is 16.2. The van der Waals surface area contributed by atoms with Crippen LogP contribution in [0.25, 0.3) is 0 Å². The molecular formula is C17H25NO. The molecule has 104 valence electrons. The minimum absolute atomic E-state index is 0.108. The lowest BCUT2D eigenvalue weighted by Gasteiger charge is -2.31. The Morgan fingerprint density at radius 1 is 1.32 bits per heavy atom. The molecule has 1 aromatic carbocycles. The number of benzene rings is 1. The van der Waals surface area contributed by atoms with Gasteiger partial charge in [-0.1, -0.05) is 57.5 Å². The fraction of sp³-hybridized carbons (Fsp3) is 0.588. The van der Waals surface area contributed by atoms with E-state index in [1.165, 1.54) is 12.0 Å². The molecule has 0 aromatic heterocycles. The Hall–Kier alpha value is -1.31. The maximum absolute atomic E-state index is 11.8. The van der Waals surface area contributed by atoms with Crippen molar-refractivity contribution in [2.45, 2.75) is 52.5 Å². The zero-order chi connectivity index (χ0) is 13.9. The molecule has 2 rings (SSSR count). The van der Waals surface area contributed by atoms with Crippen molar-refractivity contribution in [3.63, 3.8) is 0 Å². The van der Waals surface area contributed by atoms with Gasteiger partial charge in [-0.3, -0.25) is 4.79 Å². The second-order valence-electron chi connectivity index (χ2n) is 6.57. The van der Waals surface area contributed by atoms with Crippen molar-refractivity contribution in [2.24, 2.45) is 11.3 Å². The van der Waals surface area contributed by atoms with Gasteiger partial charge in [0.25, 0.3) is 0 Å². The van der Waals surface area contributed by atoms with Gasteiger partial charge in [-0.05, 0) is 29.7 Å². The second kappa shape index (κ2) is 5.77. The van der Waals surface area contributed by atoms with Crippen LogP contribution in [0.2, 0.25) is 0 Å². The molecule has 1 aromatic rings. The molecule has 1 saturated heterocycles. The predicted molar refractivity (Wildman–Crippen MR) is 78.9 cm³/mol. The molecule has 0 aliphatic carbocycles. The third-order valence-electron chi connectivity index (χ3n) is 4.32. The molecule has 1 fully saturated rings. The molecule has 2 heteroatoms. The van der Waals surface area contributed by atoms with Gasteiger partial charge in [-0.2, -0.15) is 0 Å². The van der Waals surface area contributed by atoms with Gasteiger partial charge in [0.15, 0.2) is 0 Å². The van der Waals surface area contributed by atoms with Crippen molar-refractivity contribution in [2.75, 3.05) is 0 Å². The summed E-state index contributed by atoms with van der Waals surface area (Å²) in [5.74, 6) is 0.914. The Morgan fingerprint density at radius 2 is 2.00 bits per heavy atom. The lowest BCUT2D eigenvalue weighted by atomic mass is 9.75. The van der Waals surface area contributed by atoms with Crippen LogP contribution in [0.4, 0.5) is 0 Å². The number of carbonyl (C=O) groups excluding carboxylic acids is 1. The van der Waals surface area contributed by atoms with Crippen LogP contribution < -0.4 is 5.32 Å². The van der Waals surface area contributed by atoms with Gasteiger partial charge in [0, 0.05) is 12.5 Å². The van der Waals surface area contributed by atoms with Crippen molar-refractivity contribution < 1.29 is 4.79 Å². The third kappa shape index (κ3) is 3.59. The van der Waals surface area contributed by atoms with Crippen molar-refractivity contribution in [3.8, 4) is 0 Å². The standard InChI is InChI=1S/C17H25NO/c1-13(2)9-10-17(3)12-16(19)18-15(17)11-14-7-5-4-6-8-14/h4-8,13,15H,9-12H2,1-3H3,(H,18,19). The number of nitrogens with one attached hydrogen (secondary N) is 1. The van der Waals surface area contributed by atoms with E-state index in [0.29, 0.717) is 12.3 Å². The van der Waals surface area contributed by atoms with Gasteiger partial charge in [0.1, 0.15) is 0 Å². The predicted octanol–water partition coefficient (Wildman–Crippen LogP) is 3.56. The lowest BCUT2D eigenvalue weighted by molar-refractivity contribution is -0.119. The van der Waals surface area contributed by atoms with E-state index in [2.05, 4.69) is 50.4 Å². The molecule has 0 spiro atoms. The van der Waals surface area contributed by atoms with E-state index in [4.69, 9.17) is 0 Å². The highest BCUT2D eigenvalue weighted by Gasteiger charge is 2.42. The first-order chi connectivity index (χ1) is 8.99. The number of hydrogen-bond acceptors (Lipinski definition) is 1. The Balaban J connectivity index is 2.06. The summed E-state index contributed by atoms with van der Waals surface area (Å²) in [5.41, 5.74) is 1.42. The topological polar surface area (TPSA) is 29.1 Å². The Morgan fingerprint density at radius 3 is 2.63 bits per heavy atom. The summed E-state index contributed by atoms with van der Waals surface area (Å²) >= 11 is 0. The van der Waals surface area contributed by atoms with E-state index in [1.54, 1.807) is 0 Å². The molecule has 1 amide bonds. The highest BCUT2D eigenvalue weighted by molar-refractivity contribution is 5.80. The smallest absolute Gasteiger partial charge is 0.220 e. The first-order valence-electron chi connectivity index (χ1n) is 7.33. The summed E-state index contributed by atoms with van der Waals surface area (Å²) in [6, 6.07) is 10.7. The van der Waals surface area contributed by atoms with E-state index in [-0.39, 0.29) is 17.4 Å². The van der Waals surface area contributed by atoms with Crippen molar-refractivity contribution in [3.05, 3.63) is 35.9 Å². The minimum Gasteiger partial charge on any atom is -0.352 e. The monoisotopic (exact) mass is 259 g/mol. The zero-order valence-electron chi connectivity index (χ0n) is 12.3. The zero-order valence-corrected chi connectivity index (χ0v) is 12.3. The normalized spacial score (nSPS) is 26.7. The molecule has 2 atom stereocenters. The van der Waals surface area contributed by atoms with E-state index >= 15 is 0 Å². The van der Waals surface area contributed by atoms with E-state index in [1.807, 2.05) is 6.07 Å². The lowest BCUT2D eigenvalue weighted by Crippen LogP contribution is -2.37. The molecule has 1 aliphatic heterocycles. The Labute approximate surface area is 116 Å². The van der Waals surface area contributed by atoms with Crippen LogP contribution in [-0.4, -0.2) is 11.9 Å².